The minimum atomic E-state index is -3.70. The van der Waals surface area contributed by atoms with Crippen LogP contribution in [0.3, 0.4) is 0 Å². The molecular weight excluding hydrogens is 468 g/mol. The summed E-state index contributed by atoms with van der Waals surface area (Å²) in [5.41, 5.74) is 0.218. The summed E-state index contributed by atoms with van der Waals surface area (Å²) in [6.07, 6.45) is 0. The van der Waals surface area contributed by atoms with Crippen molar-refractivity contribution in [3.63, 3.8) is 0 Å². The molecule has 2 heterocycles. The number of sulfonamides is 1. The molecule has 1 saturated heterocycles. The summed E-state index contributed by atoms with van der Waals surface area (Å²) in [5.74, 6) is 0.0329. The predicted molar refractivity (Wildman–Crippen MR) is 110 cm³/mol. The summed E-state index contributed by atoms with van der Waals surface area (Å²) in [6.45, 7) is 1.73. The molecule has 28 heavy (non-hydrogen) atoms. The van der Waals surface area contributed by atoms with E-state index in [0.717, 1.165) is 8.66 Å². The smallest absolute Gasteiger partial charge is 0.257 e. The number of hydrogen-bond acceptors (Lipinski definition) is 6. The summed E-state index contributed by atoms with van der Waals surface area (Å²) in [6, 6.07) is 8.25. The van der Waals surface area contributed by atoms with Gasteiger partial charge in [-0.25, -0.2) is 8.42 Å². The quantitative estimate of drug-likeness (QED) is 0.624. The number of morpholine rings is 1. The van der Waals surface area contributed by atoms with Gasteiger partial charge in [0.2, 0.25) is 10.0 Å². The SMILES string of the molecule is COc1ccc(S(=O)(=O)N2CCOCC2)cc1C(=O)N(C)Cc1ccc(Br)s1. The number of rotatable bonds is 6. The molecule has 10 heteroatoms. The van der Waals surface area contributed by atoms with Crippen molar-refractivity contribution < 1.29 is 22.7 Å². The molecule has 1 aliphatic heterocycles. The molecule has 0 unspecified atom stereocenters. The van der Waals surface area contributed by atoms with Gasteiger partial charge in [-0.1, -0.05) is 0 Å². The number of halogens is 1. The molecule has 1 amide bonds. The Labute approximate surface area is 177 Å². The van der Waals surface area contributed by atoms with E-state index in [4.69, 9.17) is 9.47 Å². The predicted octanol–water partition coefficient (Wildman–Crippen LogP) is 2.81. The van der Waals surface area contributed by atoms with Crippen LogP contribution < -0.4 is 4.74 Å². The third-order valence-corrected chi connectivity index (χ3v) is 7.88. The fourth-order valence-electron chi connectivity index (χ4n) is 2.90. The van der Waals surface area contributed by atoms with Crippen LogP contribution in [0.1, 0.15) is 15.2 Å². The summed E-state index contributed by atoms with van der Waals surface area (Å²) in [4.78, 5) is 15.6. The van der Waals surface area contributed by atoms with Crippen molar-refractivity contribution in [2.75, 3.05) is 40.5 Å². The van der Waals surface area contributed by atoms with Gasteiger partial charge in [-0.3, -0.25) is 4.79 Å². The average molecular weight is 489 g/mol. The second kappa shape index (κ2) is 8.91. The first-order valence-corrected chi connectivity index (χ1v) is 11.6. The highest BCUT2D eigenvalue weighted by Gasteiger charge is 2.28. The Morgan fingerprint density at radius 3 is 2.61 bits per heavy atom. The molecule has 1 aromatic heterocycles. The highest BCUT2D eigenvalue weighted by molar-refractivity contribution is 9.11. The van der Waals surface area contributed by atoms with Crippen molar-refractivity contribution in [2.24, 2.45) is 0 Å². The Morgan fingerprint density at radius 2 is 2.00 bits per heavy atom. The minimum Gasteiger partial charge on any atom is -0.496 e. The minimum absolute atomic E-state index is 0.0748. The van der Waals surface area contributed by atoms with Crippen LogP contribution in [0.25, 0.3) is 0 Å². The van der Waals surface area contributed by atoms with Gasteiger partial charge < -0.3 is 14.4 Å². The molecule has 0 N–H and O–H groups in total. The zero-order valence-electron chi connectivity index (χ0n) is 15.6. The second-order valence-electron chi connectivity index (χ2n) is 6.25. The Bertz CT molecular complexity index is 955. The normalized spacial score (nSPS) is 15.4. The van der Waals surface area contributed by atoms with Crippen LogP contribution in [-0.2, 0) is 21.3 Å². The molecule has 1 fully saturated rings. The van der Waals surface area contributed by atoms with Gasteiger partial charge in [-0.05, 0) is 46.3 Å². The molecular formula is C18H21BrN2O5S2. The lowest BCUT2D eigenvalue weighted by atomic mass is 10.1. The first-order valence-electron chi connectivity index (χ1n) is 8.58. The lowest BCUT2D eigenvalue weighted by Gasteiger charge is -2.26. The molecule has 0 atom stereocenters. The van der Waals surface area contributed by atoms with Crippen LogP contribution in [0.4, 0.5) is 0 Å². The zero-order valence-corrected chi connectivity index (χ0v) is 18.8. The summed E-state index contributed by atoms with van der Waals surface area (Å²) in [5, 5.41) is 0. The van der Waals surface area contributed by atoms with E-state index in [9.17, 15) is 13.2 Å². The van der Waals surface area contributed by atoms with Crippen molar-refractivity contribution >= 4 is 43.2 Å². The van der Waals surface area contributed by atoms with Crippen molar-refractivity contribution in [3.05, 3.63) is 44.6 Å². The van der Waals surface area contributed by atoms with Crippen molar-refractivity contribution in [2.45, 2.75) is 11.4 Å². The van der Waals surface area contributed by atoms with Gasteiger partial charge in [0.1, 0.15) is 5.75 Å². The monoisotopic (exact) mass is 488 g/mol. The first kappa shape index (κ1) is 21.3. The summed E-state index contributed by atoms with van der Waals surface area (Å²) >= 11 is 4.95. The van der Waals surface area contributed by atoms with Gasteiger partial charge in [-0.15, -0.1) is 11.3 Å². The third-order valence-electron chi connectivity index (χ3n) is 4.38. The molecule has 0 saturated carbocycles. The molecule has 0 bridgehead atoms. The lowest BCUT2D eigenvalue weighted by molar-refractivity contribution is 0.0730. The van der Waals surface area contributed by atoms with E-state index in [1.807, 2.05) is 12.1 Å². The van der Waals surface area contributed by atoms with Crippen LogP contribution in [0, 0.1) is 0 Å². The van der Waals surface area contributed by atoms with E-state index in [2.05, 4.69) is 15.9 Å². The molecule has 0 spiro atoms. The standard InChI is InChI=1S/C18H21BrN2O5S2/c1-20(12-13-3-6-17(19)27-13)18(22)15-11-14(4-5-16(15)25-2)28(23,24)21-7-9-26-10-8-21/h3-6,11H,7-10,12H2,1-2H3. The van der Waals surface area contributed by atoms with E-state index >= 15 is 0 Å². The second-order valence-corrected chi connectivity index (χ2v) is 10.7. The lowest BCUT2D eigenvalue weighted by Crippen LogP contribution is -2.40. The molecule has 3 rings (SSSR count). The van der Waals surface area contributed by atoms with Crippen LogP contribution in [0.5, 0.6) is 5.75 Å². The number of carbonyl (C=O) groups excluding carboxylic acids is 1. The fourth-order valence-corrected chi connectivity index (χ4v) is 5.87. The number of thiophene rings is 1. The zero-order chi connectivity index (χ0) is 20.3. The average Bonchev–Trinajstić information content (AvgIpc) is 3.12. The highest BCUT2D eigenvalue weighted by Crippen LogP contribution is 2.28. The summed E-state index contributed by atoms with van der Waals surface area (Å²) in [7, 11) is -0.565. The van der Waals surface area contributed by atoms with E-state index < -0.39 is 10.0 Å². The Balaban J connectivity index is 1.89. The number of carbonyl (C=O) groups is 1. The molecule has 0 radical (unpaired) electrons. The van der Waals surface area contributed by atoms with Crippen LogP contribution >= 0.6 is 27.3 Å². The van der Waals surface area contributed by atoms with Gasteiger partial charge in [0.05, 0.1) is 41.1 Å². The van der Waals surface area contributed by atoms with Gasteiger partial charge in [0.25, 0.3) is 5.91 Å². The van der Waals surface area contributed by atoms with Gasteiger partial charge in [0.15, 0.2) is 0 Å². The number of nitrogens with zero attached hydrogens (tertiary/aromatic N) is 2. The van der Waals surface area contributed by atoms with Crippen LogP contribution in [-0.4, -0.2) is 64.0 Å². The number of ether oxygens (including phenoxy) is 2. The highest BCUT2D eigenvalue weighted by atomic mass is 79.9. The van der Waals surface area contributed by atoms with E-state index in [0.29, 0.717) is 38.6 Å². The third kappa shape index (κ3) is 4.57. The summed E-state index contributed by atoms with van der Waals surface area (Å²) < 4.78 is 38.7. The maximum Gasteiger partial charge on any atom is 0.257 e. The number of hydrogen-bond donors (Lipinski definition) is 0. The largest absolute Gasteiger partial charge is 0.496 e. The molecule has 7 nitrogen and oxygen atoms in total. The number of benzene rings is 1. The molecule has 1 aliphatic rings. The first-order chi connectivity index (χ1) is 13.3. The molecule has 2 aromatic rings. The number of amides is 1. The van der Waals surface area contributed by atoms with Crippen molar-refractivity contribution in [1.82, 2.24) is 9.21 Å². The van der Waals surface area contributed by atoms with Crippen molar-refractivity contribution in [3.8, 4) is 5.75 Å². The van der Waals surface area contributed by atoms with E-state index in [1.54, 1.807) is 23.3 Å². The maximum atomic E-state index is 13.0. The Morgan fingerprint density at radius 1 is 1.29 bits per heavy atom. The van der Waals surface area contributed by atoms with Gasteiger partial charge in [0, 0.05) is 25.0 Å². The van der Waals surface area contributed by atoms with E-state index in [1.165, 1.54) is 29.6 Å². The van der Waals surface area contributed by atoms with Crippen LogP contribution in [0.2, 0.25) is 0 Å². The maximum absolute atomic E-state index is 13.0. The topological polar surface area (TPSA) is 76.1 Å². The molecule has 1 aromatic carbocycles. The molecule has 0 aliphatic carbocycles. The fraction of sp³-hybridized carbons (Fsp3) is 0.389. The van der Waals surface area contributed by atoms with Gasteiger partial charge in [-0.2, -0.15) is 4.31 Å². The van der Waals surface area contributed by atoms with Gasteiger partial charge >= 0.3 is 0 Å². The Kier molecular flexibility index (Phi) is 6.77. The molecule has 152 valence electrons. The Hall–Kier alpha value is -1.46. The van der Waals surface area contributed by atoms with Crippen molar-refractivity contribution in [1.29, 1.82) is 0 Å². The van der Waals surface area contributed by atoms with E-state index in [-0.39, 0.29) is 16.4 Å². The van der Waals surface area contributed by atoms with Crippen LogP contribution in [0.15, 0.2) is 39.0 Å². The number of methoxy groups -OCH3 is 1.